The molecule has 0 bridgehead atoms. The molecule has 0 saturated carbocycles. The van der Waals surface area contributed by atoms with Crippen molar-refractivity contribution in [3.8, 4) is 0 Å². The molecule has 3 nitrogen and oxygen atoms in total. The molecule has 0 aliphatic heterocycles. The predicted octanol–water partition coefficient (Wildman–Crippen LogP) is 3.87. The number of thioether (sulfide) groups is 1. The summed E-state index contributed by atoms with van der Waals surface area (Å²) in [5.74, 6) is 1.82. The number of rotatable bonds is 6. The van der Waals surface area contributed by atoms with E-state index in [-0.39, 0.29) is 0 Å². The molecule has 0 spiro atoms. The molecule has 5 heteroatoms. The Kier molecular flexibility index (Phi) is 4.66. The lowest BCUT2D eigenvalue weighted by Crippen LogP contribution is -1.84. The van der Waals surface area contributed by atoms with E-state index in [2.05, 4.69) is 0 Å². The molecule has 94 valence electrons. The number of carboxylic acids is 1. The summed E-state index contributed by atoms with van der Waals surface area (Å²) in [5, 5.41) is 8.53. The molecule has 2 heterocycles. The van der Waals surface area contributed by atoms with Crippen molar-refractivity contribution in [3.05, 3.63) is 52.1 Å². The third kappa shape index (κ3) is 4.09. The molecule has 0 aliphatic carbocycles. The Labute approximate surface area is 113 Å². The van der Waals surface area contributed by atoms with Crippen molar-refractivity contribution in [1.82, 2.24) is 0 Å². The summed E-state index contributed by atoms with van der Waals surface area (Å²) in [7, 11) is 0. The molecule has 0 amide bonds. The SMILES string of the molecule is O=C(O)C=Cc1ccc(CSCc2ccco2)s1. The fraction of sp³-hybridized carbons (Fsp3) is 0.154. The van der Waals surface area contributed by atoms with Crippen LogP contribution in [0.5, 0.6) is 0 Å². The monoisotopic (exact) mass is 280 g/mol. The summed E-state index contributed by atoms with van der Waals surface area (Å²) < 4.78 is 5.25. The zero-order chi connectivity index (χ0) is 12.8. The average molecular weight is 280 g/mol. The molecule has 2 aromatic rings. The third-order valence-electron chi connectivity index (χ3n) is 2.14. The highest BCUT2D eigenvalue weighted by Crippen LogP contribution is 2.24. The van der Waals surface area contributed by atoms with Gasteiger partial charge in [0.2, 0.25) is 0 Å². The molecule has 1 N–H and O–H groups in total. The van der Waals surface area contributed by atoms with Crippen LogP contribution in [-0.4, -0.2) is 11.1 Å². The van der Waals surface area contributed by atoms with Crippen LogP contribution in [0, 0.1) is 0 Å². The quantitative estimate of drug-likeness (QED) is 0.816. The number of hydrogen-bond acceptors (Lipinski definition) is 4. The second-order valence-corrected chi connectivity index (χ2v) is 5.73. The van der Waals surface area contributed by atoms with Gasteiger partial charge in [0.05, 0.1) is 12.0 Å². The van der Waals surface area contributed by atoms with E-state index in [4.69, 9.17) is 9.52 Å². The second-order valence-electron chi connectivity index (χ2n) is 3.55. The van der Waals surface area contributed by atoms with Crippen molar-refractivity contribution in [2.45, 2.75) is 11.5 Å². The van der Waals surface area contributed by atoms with Gasteiger partial charge in [-0.1, -0.05) is 0 Å². The third-order valence-corrected chi connectivity index (χ3v) is 4.38. The van der Waals surface area contributed by atoms with Gasteiger partial charge in [0.1, 0.15) is 5.76 Å². The number of carboxylic acid groups (broad SMARTS) is 1. The van der Waals surface area contributed by atoms with Gasteiger partial charge in [0.15, 0.2) is 0 Å². The number of furan rings is 1. The molecule has 18 heavy (non-hydrogen) atoms. The lowest BCUT2D eigenvalue weighted by atomic mass is 10.4. The van der Waals surface area contributed by atoms with Crippen LogP contribution in [-0.2, 0) is 16.3 Å². The maximum Gasteiger partial charge on any atom is 0.328 e. The molecule has 2 aromatic heterocycles. The summed E-state index contributed by atoms with van der Waals surface area (Å²) in [6.07, 6.45) is 4.45. The summed E-state index contributed by atoms with van der Waals surface area (Å²) in [5.41, 5.74) is 0. The molecule has 0 radical (unpaired) electrons. The van der Waals surface area contributed by atoms with E-state index in [1.54, 1.807) is 35.4 Å². The van der Waals surface area contributed by atoms with Crippen molar-refractivity contribution >= 4 is 35.1 Å². The normalized spacial score (nSPS) is 11.1. The molecule has 0 atom stereocenters. The summed E-state index contributed by atoms with van der Waals surface area (Å²) >= 11 is 3.39. The van der Waals surface area contributed by atoms with Gasteiger partial charge >= 0.3 is 5.97 Å². The first kappa shape index (κ1) is 13.0. The lowest BCUT2D eigenvalue weighted by molar-refractivity contribution is -0.131. The smallest absolute Gasteiger partial charge is 0.328 e. The Hall–Kier alpha value is -1.46. The van der Waals surface area contributed by atoms with Gasteiger partial charge in [0.25, 0.3) is 0 Å². The lowest BCUT2D eigenvalue weighted by Gasteiger charge is -1.95. The van der Waals surface area contributed by atoms with Crippen molar-refractivity contribution in [2.24, 2.45) is 0 Å². The minimum Gasteiger partial charge on any atom is -0.478 e. The first-order valence-corrected chi connectivity index (χ1v) is 7.31. The Balaban J connectivity index is 1.81. The van der Waals surface area contributed by atoms with Crippen molar-refractivity contribution in [1.29, 1.82) is 0 Å². The zero-order valence-electron chi connectivity index (χ0n) is 9.54. The summed E-state index contributed by atoms with van der Waals surface area (Å²) in [6, 6.07) is 7.81. The molecule has 0 aliphatic rings. The minimum atomic E-state index is -0.919. The van der Waals surface area contributed by atoms with Crippen molar-refractivity contribution in [2.75, 3.05) is 0 Å². The fourth-order valence-corrected chi connectivity index (χ4v) is 3.32. The maximum absolute atomic E-state index is 10.4. The fourth-order valence-electron chi connectivity index (χ4n) is 1.36. The van der Waals surface area contributed by atoms with Crippen LogP contribution < -0.4 is 0 Å². The Morgan fingerprint density at radius 1 is 1.39 bits per heavy atom. The van der Waals surface area contributed by atoms with Crippen LogP contribution in [0.1, 0.15) is 15.5 Å². The van der Waals surface area contributed by atoms with Crippen molar-refractivity contribution < 1.29 is 14.3 Å². The van der Waals surface area contributed by atoms with Crippen LogP contribution in [0.25, 0.3) is 6.08 Å². The summed E-state index contributed by atoms with van der Waals surface area (Å²) in [4.78, 5) is 12.6. The number of carbonyl (C=O) groups is 1. The molecule has 0 unspecified atom stereocenters. The first-order chi connectivity index (χ1) is 8.74. The summed E-state index contributed by atoms with van der Waals surface area (Å²) in [6.45, 7) is 0. The van der Waals surface area contributed by atoms with E-state index < -0.39 is 5.97 Å². The van der Waals surface area contributed by atoms with Crippen LogP contribution in [0.2, 0.25) is 0 Å². The van der Waals surface area contributed by atoms with Crippen LogP contribution in [0.4, 0.5) is 0 Å². The molecule has 2 rings (SSSR count). The van der Waals surface area contributed by atoms with E-state index in [1.807, 2.05) is 24.3 Å². The van der Waals surface area contributed by atoms with Gasteiger partial charge in [-0.3, -0.25) is 0 Å². The topological polar surface area (TPSA) is 50.4 Å². The molecular weight excluding hydrogens is 268 g/mol. The van der Waals surface area contributed by atoms with Crippen LogP contribution in [0.3, 0.4) is 0 Å². The van der Waals surface area contributed by atoms with Crippen LogP contribution >= 0.6 is 23.1 Å². The Morgan fingerprint density at radius 2 is 2.28 bits per heavy atom. The van der Waals surface area contributed by atoms with Gasteiger partial charge in [-0.25, -0.2) is 4.79 Å². The van der Waals surface area contributed by atoms with Crippen molar-refractivity contribution in [3.63, 3.8) is 0 Å². The highest BCUT2D eigenvalue weighted by Gasteiger charge is 2.00. The van der Waals surface area contributed by atoms with Gasteiger partial charge in [0, 0.05) is 21.6 Å². The molecule has 0 saturated heterocycles. The molecular formula is C13H12O3S2. The number of hydrogen-bond donors (Lipinski definition) is 1. The van der Waals surface area contributed by atoms with Gasteiger partial charge in [-0.15, -0.1) is 23.1 Å². The van der Waals surface area contributed by atoms with Gasteiger partial charge < -0.3 is 9.52 Å². The highest BCUT2D eigenvalue weighted by molar-refractivity contribution is 7.97. The Morgan fingerprint density at radius 3 is 3.00 bits per heavy atom. The first-order valence-electron chi connectivity index (χ1n) is 5.34. The van der Waals surface area contributed by atoms with Gasteiger partial charge in [-0.05, 0) is 30.3 Å². The van der Waals surface area contributed by atoms with Gasteiger partial charge in [-0.2, -0.15) is 0 Å². The minimum absolute atomic E-state index is 0.852. The second kappa shape index (κ2) is 6.47. The molecule has 0 fully saturated rings. The number of thiophene rings is 1. The average Bonchev–Trinajstić information content (AvgIpc) is 2.97. The number of aliphatic carboxylic acids is 1. The largest absolute Gasteiger partial charge is 0.478 e. The van der Waals surface area contributed by atoms with E-state index in [0.717, 1.165) is 28.2 Å². The van der Waals surface area contributed by atoms with E-state index in [9.17, 15) is 4.79 Å². The maximum atomic E-state index is 10.4. The highest BCUT2D eigenvalue weighted by atomic mass is 32.2. The predicted molar refractivity (Wildman–Crippen MR) is 74.7 cm³/mol. The Bertz CT molecular complexity index is 526. The zero-order valence-corrected chi connectivity index (χ0v) is 11.2. The van der Waals surface area contributed by atoms with E-state index in [1.165, 1.54) is 4.88 Å². The van der Waals surface area contributed by atoms with E-state index in [0.29, 0.717) is 0 Å². The van der Waals surface area contributed by atoms with E-state index >= 15 is 0 Å². The molecule has 0 aromatic carbocycles. The van der Waals surface area contributed by atoms with Crippen LogP contribution in [0.15, 0.2) is 41.0 Å². The standard InChI is InChI=1S/C13H12O3S2/c14-13(15)6-5-11-3-4-12(18-11)9-17-8-10-2-1-7-16-10/h1-7H,8-9H2,(H,14,15).